The summed E-state index contributed by atoms with van der Waals surface area (Å²) in [5, 5.41) is 15.9. The van der Waals surface area contributed by atoms with Crippen molar-refractivity contribution < 1.29 is 9.90 Å². The first-order valence-electron chi connectivity index (χ1n) is 4.93. The van der Waals surface area contributed by atoms with Crippen LogP contribution in [0.3, 0.4) is 0 Å². The summed E-state index contributed by atoms with van der Waals surface area (Å²) in [5.41, 5.74) is 0.835. The van der Waals surface area contributed by atoms with Crippen molar-refractivity contribution in [2.45, 2.75) is 6.54 Å². The first-order chi connectivity index (χ1) is 8.18. The molecule has 0 bridgehead atoms. The summed E-state index contributed by atoms with van der Waals surface area (Å²) >= 11 is 0. The maximum Gasteiger partial charge on any atom is 0.358 e. The van der Waals surface area contributed by atoms with Crippen molar-refractivity contribution in [3.63, 3.8) is 0 Å². The van der Waals surface area contributed by atoms with E-state index < -0.39 is 5.97 Å². The van der Waals surface area contributed by atoms with Gasteiger partial charge in [-0.1, -0.05) is 0 Å². The Kier molecular flexibility index (Phi) is 2.99. The van der Waals surface area contributed by atoms with Gasteiger partial charge >= 0.3 is 5.97 Å². The minimum atomic E-state index is -1.11. The molecule has 7 nitrogen and oxygen atoms in total. The van der Waals surface area contributed by atoms with Gasteiger partial charge in [0.15, 0.2) is 11.5 Å². The van der Waals surface area contributed by atoms with E-state index in [1.165, 1.54) is 12.4 Å². The third kappa shape index (κ3) is 2.39. The van der Waals surface area contributed by atoms with Gasteiger partial charge < -0.3 is 10.4 Å². The Bertz CT molecular complexity index is 537. The summed E-state index contributed by atoms with van der Waals surface area (Å²) < 4.78 is 1.70. The highest BCUT2D eigenvalue weighted by Gasteiger charge is 2.12. The summed E-state index contributed by atoms with van der Waals surface area (Å²) in [5.74, 6) is -0.855. The topological polar surface area (TPSA) is 92.9 Å². The Morgan fingerprint density at radius 2 is 2.18 bits per heavy atom. The molecule has 0 saturated carbocycles. The lowest BCUT2D eigenvalue weighted by Gasteiger charge is -2.07. The van der Waals surface area contributed by atoms with E-state index in [9.17, 15) is 4.79 Å². The molecule has 0 aliphatic heterocycles. The predicted octanol–water partition coefficient (Wildman–Crippen LogP) is 0.520. The van der Waals surface area contributed by atoms with E-state index in [1.807, 2.05) is 13.1 Å². The Morgan fingerprint density at radius 3 is 2.82 bits per heavy atom. The second-order valence-electron chi connectivity index (χ2n) is 3.36. The number of rotatable bonds is 4. The number of nitrogens with zero attached hydrogens (tertiary/aromatic N) is 4. The van der Waals surface area contributed by atoms with Crippen molar-refractivity contribution in [3.8, 4) is 0 Å². The highest BCUT2D eigenvalue weighted by atomic mass is 16.4. The largest absolute Gasteiger partial charge is 0.476 e. The van der Waals surface area contributed by atoms with Crippen LogP contribution in [0.5, 0.6) is 0 Å². The molecule has 0 saturated heterocycles. The first kappa shape index (κ1) is 11.1. The molecule has 2 heterocycles. The summed E-state index contributed by atoms with van der Waals surface area (Å²) in [4.78, 5) is 18.6. The molecule has 0 aromatic carbocycles. The van der Waals surface area contributed by atoms with Crippen LogP contribution in [0.15, 0.2) is 24.7 Å². The highest BCUT2D eigenvalue weighted by Crippen LogP contribution is 2.09. The molecule has 17 heavy (non-hydrogen) atoms. The van der Waals surface area contributed by atoms with Gasteiger partial charge in [0.25, 0.3) is 0 Å². The van der Waals surface area contributed by atoms with Gasteiger partial charge in [-0.05, 0) is 6.07 Å². The summed E-state index contributed by atoms with van der Waals surface area (Å²) in [6, 6.07) is 1.84. The average Bonchev–Trinajstić information content (AvgIpc) is 2.72. The van der Waals surface area contributed by atoms with E-state index in [4.69, 9.17) is 5.11 Å². The molecule has 0 aliphatic rings. The number of aromatic carboxylic acids is 1. The molecule has 2 N–H and O–H groups in total. The molecular formula is C10H11N5O2. The zero-order valence-electron chi connectivity index (χ0n) is 9.16. The average molecular weight is 233 g/mol. The Hall–Kier alpha value is -2.44. The van der Waals surface area contributed by atoms with Crippen LogP contribution in [0.1, 0.15) is 16.2 Å². The highest BCUT2D eigenvalue weighted by molar-refractivity contribution is 5.90. The molecule has 2 aromatic heterocycles. The minimum Gasteiger partial charge on any atom is -0.476 e. The third-order valence-electron chi connectivity index (χ3n) is 2.26. The summed E-state index contributed by atoms with van der Waals surface area (Å²) in [6.45, 7) is 0.440. The van der Waals surface area contributed by atoms with Crippen LogP contribution in [0.25, 0.3) is 0 Å². The van der Waals surface area contributed by atoms with Gasteiger partial charge in [0, 0.05) is 25.6 Å². The van der Waals surface area contributed by atoms with Crippen molar-refractivity contribution in [2.75, 3.05) is 5.32 Å². The summed E-state index contributed by atoms with van der Waals surface area (Å²) in [6.07, 6.45) is 4.46. The van der Waals surface area contributed by atoms with Crippen LogP contribution in [0, 0.1) is 0 Å². The number of anilines is 1. The smallest absolute Gasteiger partial charge is 0.358 e. The fraction of sp³-hybridized carbons (Fsp3) is 0.200. The van der Waals surface area contributed by atoms with Crippen LogP contribution in [-0.4, -0.2) is 30.8 Å². The molecular weight excluding hydrogens is 222 g/mol. The lowest BCUT2D eigenvalue weighted by atomic mass is 10.3. The van der Waals surface area contributed by atoms with Gasteiger partial charge in [0.2, 0.25) is 0 Å². The maximum atomic E-state index is 10.9. The Labute approximate surface area is 97.1 Å². The lowest BCUT2D eigenvalue weighted by molar-refractivity contribution is 0.0691. The van der Waals surface area contributed by atoms with Gasteiger partial charge in [0.05, 0.1) is 12.2 Å². The molecule has 0 amide bonds. The molecule has 0 radical (unpaired) electrons. The molecule has 0 spiro atoms. The van der Waals surface area contributed by atoms with Crippen LogP contribution >= 0.6 is 0 Å². The van der Waals surface area contributed by atoms with E-state index in [0.717, 1.165) is 5.69 Å². The van der Waals surface area contributed by atoms with Crippen molar-refractivity contribution in [2.24, 2.45) is 7.05 Å². The second-order valence-corrected chi connectivity index (χ2v) is 3.36. The Balaban J connectivity index is 2.14. The van der Waals surface area contributed by atoms with Crippen molar-refractivity contribution >= 4 is 11.8 Å². The molecule has 88 valence electrons. The normalized spacial score (nSPS) is 10.2. The molecule has 0 aliphatic carbocycles. The fourth-order valence-corrected chi connectivity index (χ4v) is 1.37. The van der Waals surface area contributed by atoms with Gasteiger partial charge in [-0.15, -0.1) is 0 Å². The van der Waals surface area contributed by atoms with Gasteiger partial charge in [-0.3, -0.25) is 4.68 Å². The minimum absolute atomic E-state index is 0.0883. The zero-order valence-corrected chi connectivity index (χ0v) is 9.16. The molecule has 0 atom stereocenters. The number of nitrogens with one attached hydrogen (secondary N) is 1. The van der Waals surface area contributed by atoms with Crippen molar-refractivity contribution in [3.05, 3.63) is 36.0 Å². The standard InChI is InChI=1S/C10H11N5O2/c1-15-7(2-3-14-15)6-13-9-8(10(16)17)11-4-5-12-9/h2-5H,6H2,1H3,(H,12,13)(H,16,17). The molecule has 0 unspecified atom stereocenters. The van der Waals surface area contributed by atoms with Gasteiger partial charge in [-0.2, -0.15) is 5.10 Å². The van der Waals surface area contributed by atoms with E-state index >= 15 is 0 Å². The van der Waals surface area contributed by atoms with Crippen molar-refractivity contribution in [1.82, 2.24) is 19.7 Å². The van der Waals surface area contributed by atoms with E-state index in [0.29, 0.717) is 6.54 Å². The summed E-state index contributed by atoms with van der Waals surface area (Å²) in [7, 11) is 1.81. The lowest BCUT2D eigenvalue weighted by Crippen LogP contribution is -2.11. The number of hydrogen-bond acceptors (Lipinski definition) is 5. The zero-order chi connectivity index (χ0) is 12.3. The molecule has 7 heteroatoms. The quantitative estimate of drug-likeness (QED) is 0.799. The number of aromatic nitrogens is 4. The van der Waals surface area contributed by atoms with Crippen LogP contribution in [0.2, 0.25) is 0 Å². The SMILES string of the molecule is Cn1nccc1CNc1nccnc1C(=O)O. The number of carbonyl (C=O) groups is 1. The molecule has 0 fully saturated rings. The number of aryl methyl sites for hydroxylation is 1. The van der Waals surface area contributed by atoms with Crippen molar-refractivity contribution in [1.29, 1.82) is 0 Å². The van der Waals surface area contributed by atoms with Gasteiger partial charge in [-0.25, -0.2) is 14.8 Å². The van der Waals surface area contributed by atoms with Crippen LogP contribution in [0.4, 0.5) is 5.82 Å². The van der Waals surface area contributed by atoms with E-state index in [2.05, 4.69) is 20.4 Å². The van der Waals surface area contributed by atoms with Crippen LogP contribution < -0.4 is 5.32 Å². The van der Waals surface area contributed by atoms with E-state index in [1.54, 1.807) is 10.9 Å². The predicted molar refractivity (Wildman–Crippen MR) is 59.5 cm³/mol. The number of hydrogen-bond donors (Lipinski definition) is 2. The van der Waals surface area contributed by atoms with Gasteiger partial charge in [0.1, 0.15) is 0 Å². The fourth-order valence-electron chi connectivity index (χ4n) is 1.37. The Morgan fingerprint density at radius 1 is 1.41 bits per heavy atom. The molecule has 2 rings (SSSR count). The third-order valence-corrected chi connectivity index (χ3v) is 2.26. The van der Waals surface area contributed by atoms with Crippen LogP contribution in [-0.2, 0) is 13.6 Å². The molecule has 2 aromatic rings. The second kappa shape index (κ2) is 4.60. The first-order valence-corrected chi connectivity index (χ1v) is 4.93. The number of carboxylic acid groups (broad SMARTS) is 1. The van der Waals surface area contributed by atoms with E-state index in [-0.39, 0.29) is 11.5 Å². The maximum absolute atomic E-state index is 10.9. The monoisotopic (exact) mass is 233 g/mol. The number of carboxylic acids is 1.